The SMILES string of the molecule is CC(C)c1nnsc1C(=O)Nc1cccc(C=O)c1. The number of aldehydes is 1. The van der Waals surface area contributed by atoms with Gasteiger partial charge in [-0.05, 0) is 29.6 Å². The van der Waals surface area contributed by atoms with Gasteiger partial charge in [-0.25, -0.2) is 0 Å². The average Bonchev–Trinajstić information content (AvgIpc) is 2.88. The summed E-state index contributed by atoms with van der Waals surface area (Å²) in [6.07, 6.45) is 0.740. The van der Waals surface area contributed by atoms with Crippen molar-refractivity contribution in [2.24, 2.45) is 0 Å². The van der Waals surface area contributed by atoms with E-state index >= 15 is 0 Å². The van der Waals surface area contributed by atoms with Crippen LogP contribution in [0.15, 0.2) is 24.3 Å². The van der Waals surface area contributed by atoms with Gasteiger partial charge in [0.2, 0.25) is 0 Å². The summed E-state index contributed by atoms with van der Waals surface area (Å²) in [5, 5.41) is 6.71. The number of rotatable bonds is 4. The van der Waals surface area contributed by atoms with Gasteiger partial charge in [-0.2, -0.15) is 0 Å². The number of hydrogen-bond acceptors (Lipinski definition) is 5. The lowest BCUT2D eigenvalue weighted by molar-refractivity contribution is 0.102. The number of nitrogens with one attached hydrogen (secondary N) is 1. The Balaban J connectivity index is 2.20. The number of amides is 1. The lowest BCUT2D eigenvalue weighted by Gasteiger charge is -2.06. The third-order valence-corrected chi connectivity index (χ3v) is 3.29. The smallest absolute Gasteiger partial charge is 0.269 e. The fourth-order valence-electron chi connectivity index (χ4n) is 1.61. The monoisotopic (exact) mass is 275 g/mol. The lowest BCUT2D eigenvalue weighted by Crippen LogP contribution is -2.13. The van der Waals surface area contributed by atoms with Gasteiger partial charge in [0.25, 0.3) is 5.91 Å². The van der Waals surface area contributed by atoms with Crippen molar-refractivity contribution < 1.29 is 9.59 Å². The molecule has 0 saturated heterocycles. The summed E-state index contributed by atoms with van der Waals surface area (Å²) < 4.78 is 3.81. The molecule has 1 N–H and O–H groups in total. The number of hydrogen-bond donors (Lipinski definition) is 1. The van der Waals surface area contributed by atoms with Crippen molar-refractivity contribution in [2.75, 3.05) is 5.32 Å². The summed E-state index contributed by atoms with van der Waals surface area (Å²) in [5.41, 5.74) is 1.79. The van der Waals surface area contributed by atoms with Gasteiger partial charge in [0.05, 0.1) is 5.69 Å². The average molecular weight is 275 g/mol. The fourth-order valence-corrected chi connectivity index (χ4v) is 2.32. The molecule has 0 atom stereocenters. The number of anilines is 1. The second-order valence-electron chi connectivity index (χ2n) is 4.34. The molecule has 1 aromatic carbocycles. The number of carbonyl (C=O) groups is 2. The molecule has 0 aliphatic rings. The van der Waals surface area contributed by atoms with Crippen LogP contribution in [-0.2, 0) is 0 Å². The van der Waals surface area contributed by atoms with E-state index in [4.69, 9.17) is 0 Å². The van der Waals surface area contributed by atoms with Crippen LogP contribution >= 0.6 is 11.5 Å². The Bertz CT molecular complexity index is 607. The van der Waals surface area contributed by atoms with Gasteiger partial charge in [0.15, 0.2) is 0 Å². The van der Waals surface area contributed by atoms with Crippen LogP contribution in [0.1, 0.15) is 45.5 Å². The molecule has 1 aromatic heterocycles. The molecule has 19 heavy (non-hydrogen) atoms. The van der Waals surface area contributed by atoms with Crippen molar-refractivity contribution in [1.82, 2.24) is 9.59 Å². The predicted molar refractivity (Wildman–Crippen MR) is 73.8 cm³/mol. The third kappa shape index (κ3) is 3.03. The van der Waals surface area contributed by atoms with E-state index in [0.717, 1.165) is 17.8 Å². The molecule has 0 aliphatic carbocycles. The zero-order valence-electron chi connectivity index (χ0n) is 10.6. The van der Waals surface area contributed by atoms with Gasteiger partial charge < -0.3 is 5.32 Å². The summed E-state index contributed by atoms with van der Waals surface area (Å²) in [7, 11) is 0. The molecule has 0 unspecified atom stereocenters. The quantitative estimate of drug-likeness (QED) is 0.871. The van der Waals surface area contributed by atoms with Gasteiger partial charge in [0, 0.05) is 11.3 Å². The van der Waals surface area contributed by atoms with Crippen LogP contribution in [0.2, 0.25) is 0 Å². The highest BCUT2D eigenvalue weighted by Gasteiger charge is 2.18. The molecule has 5 nitrogen and oxygen atoms in total. The summed E-state index contributed by atoms with van der Waals surface area (Å²) in [5.74, 6) is -0.109. The Kier molecular flexibility index (Phi) is 4.01. The second-order valence-corrected chi connectivity index (χ2v) is 5.09. The first-order valence-corrected chi connectivity index (χ1v) is 6.58. The maximum atomic E-state index is 12.1. The van der Waals surface area contributed by atoms with Gasteiger partial charge >= 0.3 is 0 Å². The maximum Gasteiger partial charge on any atom is 0.269 e. The Morgan fingerprint density at radius 1 is 1.42 bits per heavy atom. The molecule has 0 aliphatic heterocycles. The van der Waals surface area contributed by atoms with E-state index in [1.54, 1.807) is 24.3 Å². The first kappa shape index (κ1) is 13.4. The van der Waals surface area contributed by atoms with Crippen molar-refractivity contribution in [3.63, 3.8) is 0 Å². The van der Waals surface area contributed by atoms with Crippen molar-refractivity contribution in [3.8, 4) is 0 Å². The van der Waals surface area contributed by atoms with Crippen molar-refractivity contribution in [1.29, 1.82) is 0 Å². The minimum absolute atomic E-state index is 0.140. The van der Waals surface area contributed by atoms with Gasteiger partial charge in [-0.3, -0.25) is 9.59 Å². The highest BCUT2D eigenvalue weighted by atomic mass is 32.1. The van der Waals surface area contributed by atoms with Crippen LogP contribution in [0.4, 0.5) is 5.69 Å². The Morgan fingerprint density at radius 3 is 2.89 bits per heavy atom. The van der Waals surface area contributed by atoms with Crippen molar-refractivity contribution in [2.45, 2.75) is 19.8 Å². The Labute approximate surface area is 114 Å². The molecular weight excluding hydrogens is 262 g/mol. The molecule has 2 rings (SSSR count). The summed E-state index contributed by atoms with van der Waals surface area (Å²) in [6.45, 7) is 3.92. The van der Waals surface area contributed by atoms with Gasteiger partial charge in [-0.15, -0.1) is 5.10 Å². The van der Waals surface area contributed by atoms with Crippen molar-refractivity contribution >= 4 is 29.4 Å². The number of benzene rings is 1. The van der Waals surface area contributed by atoms with Crippen LogP contribution < -0.4 is 5.32 Å². The van der Waals surface area contributed by atoms with E-state index in [1.807, 2.05) is 13.8 Å². The lowest BCUT2D eigenvalue weighted by atomic mass is 10.1. The van der Waals surface area contributed by atoms with Gasteiger partial charge in [-0.1, -0.05) is 30.5 Å². The molecule has 0 saturated carbocycles. The standard InChI is InChI=1S/C13H13N3O2S/c1-8(2)11-12(19-16-15-11)13(18)14-10-5-3-4-9(6-10)7-17/h3-8H,1-2H3,(H,14,18). The van der Waals surface area contributed by atoms with Gasteiger partial charge in [0.1, 0.15) is 11.2 Å². The minimum atomic E-state index is -0.248. The molecule has 6 heteroatoms. The summed E-state index contributed by atoms with van der Waals surface area (Å²) in [4.78, 5) is 23.3. The molecular formula is C13H13N3O2S. The molecule has 0 bridgehead atoms. The van der Waals surface area contributed by atoms with Crippen LogP contribution in [-0.4, -0.2) is 21.8 Å². The Hall–Kier alpha value is -2.08. The van der Waals surface area contributed by atoms with Crippen molar-refractivity contribution in [3.05, 3.63) is 40.4 Å². The zero-order valence-corrected chi connectivity index (χ0v) is 11.4. The van der Waals surface area contributed by atoms with Crippen LogP contribution in [0.25, 0.3) is 0 Å². The highest BCUT2D eigenvalue weighted by Crippen LogP contribution is 2.21. The molecule has 0 radical (unpaired) electrons. The predicted octanol–water partition coefficient (Wildman–Crippen LogP) is 2.73. The van der Waals surface area contributed by atoms with Crippen LogP contribution in [0, 0.1) is 0 Å². The van der Waals surface area contributed by atoms with E-state index in [1.165, 1.54) is 0 Å². The summed E-state index contributed by atoms with van der Waals surface area (Å²) >= 11 is 1.07. The van der Waals surface area contributed by atoms with E-state index in [-0.39, 0.29) is 11.8 Å². The molecule has 2 aromatic rings. The van der Waals surface area contributed by atoms with E-state index in [9.17, 15) is 9.59 Å². The maximum absolute atomic E-state index is 12.1. The first-order chi connectivity index (χ1) is 9.11. The molecule has 1 amide bonds. The zero-order chi connectivity index (χ0) is 13.8. The second kappa shape index (κ2) is 5.71. The minimum Gasteiger partial charge on any atom is -0.321 e. The van der Waals surface area contributed by atoms with E-state index in [0.29, 0.717) is 21.8 Å². The van der Waals surface area contributed by atoms with E-state index in [2.05, 4.69) is 14.9 Å². The molecule has 0 fully saturated rings. The van der Waals surface area contributed by atoms with E-state index < -0.39 is 0 Å². The normalized spacial score (nSPS) is 10.5. The van der Waals surface area contributed by atoms with Crippen LogP contribution in [0.3, 0.4) is 0 Å². The fraction of sp³-hybridized carbons (Fsp3) is 0.231. The van der Waals surface area contributed by atoms with Crippen LogP contribution in [0.5, 0.6) is 0 Å². The first-order valence-electron chi connectivity index (χ1n) is 5.80. The third-order valence-electron chi connectivity index (χ3n) is 2.55. The number of carbonyl (C=O) groups excluding carboxylic acids is 2. The molecule has 0 spiro atoms. The number of aromatic nitrogens is 2. The highest BCUT2D eigenvalue weighted by molar-refractivity contribution is 7.08. The largest absolute Gasteiger partial charge is 0.321 e. The summed E-state index contributed by atoms with van der Waals surface area (Å²) in [6, 6.07) is 6.74. The molecule has 1 heterocycles. The Morgan fingerprint density at radius 2 is 2.21 bits per heavy atom. The number of nitrogens with zero attached hydrogens (tertiary/aromatic N) is 2. The molecule has 98 valence electrons. The topological polar surface area (TPSA) is 72.0 Å².